The lowest BCUT2D eigenvalue weighted by molar-refractivity contribution is -0.0939. The molecule has 0 spiro atoms. The predicted octanol–water partition coefficient (Wildman–Crippen LogP) is 4.05. The Morgan fingerprint density at radius 2 is 1.90 bits per heavy atom. The standard InChI is InChI=1S/C31H34ClFN8O/c32-27-22(33)8-7-21-29(17-3-2-11-34-13-17)40-41(31(21)27)26-16-35-15-25(42-26)24-9-6-18(14-37-24)28-20-5-1-4-19(23-10-12-36-23)30(20)39-38-28/h1,3-8,23-26,34-37H,2,9-16H2,(H,38,39)/t23-,24?,25?,26-/m0/s1. The molecule has 11 heteroatoms. The number of nitrogens with one attached hydrogen (secondary N) is 5. The molecule has 9 nitrogen and oxygen atoms in total. The Labute approximate surface area is 247 Å². The van der Waals surface area contributed by atoms with Crippen molar-refractivity contribution in [3.63, 3.8) is 0 Å². The molecular formula is C31H34ClFN8O. The van der Waals surface area contributed by atoms with Crippen LogP contribution in [0.25, 0.3) is 33.0 Å². The largest absolute Gasteiger partial charge is 0.349 e. The topological polar surface area (TPSA) is 104 Å². The van der Waals surface area contributed by atoms with Gasteiger partial charge in [0, 0.05) is 49.0 Å². The molecule has 42 heavy (non-hydrogen) atoms. The lowest BCUT2D eigenvalue weighted by Gasteiger charge is -2.37. The van der Waals surface area contributed by atoms with Crippen LogP contribution in [0.1, 0.15) is 48.5 Å². The average Bonchev–Trinajstić information content (AvgIpc) is 3.62. The summed E-state index contributed by atoms with van der Waals surface area (Å²) in [7, 11) is 0. The first-order valence-corrected chi connectivity index (χ1v) is 15.3. The minimum absolute atomic E-state index is 0.0766. The van der Waals surface area contributed by atoms with Crippen LogP contribution in [0.2, 0.25) is 5.02 Å². The Morgan fingerprint density at radius 1 is 0.976 bits per heavy atom. The average molecular weight is 589 g/mol. The first-order valence-electron chi connectivity index (χ1n) is 14.9. The minimum atomic E-state index is -0.457. The number of halogens is 2. The molecule has 4 aromatic rings. The van der Waals surface area contributed by atoms with Gasteiger partial charge in [-0.25, -0.2) is 9.07 Å². The summed E-state index contributed by atoms with van der Waals surface area (Å²) in [6, 6.07) is 10.2. The zero-order valence-corrected chi connectivity index (χ0v) is 24.0. The number of rotatable bonds is 5. The van der Waals surface area contributed by atoms with Crippen molar-refractivity contribution in [3.05, 3.63) is 70.3 Å². The second-order valence-corrected chi connectivity index (χ2v) is 12.0. The fourth-order valence-corrected chi connectivity index (χ4v) is 7.00. The van der Waals surface area contributed by atoms with E-state index in [4.69, 9.17) is 26.5 Å². The van der Waals surface area contributed by atoms with Crippen molar-refractivity contribution in [2.24, 2.45) is 0 Å². The molecule has 2 aromatic carbocycles. The maximum Gasteiger partial charge on any atom is 0.163 e. The van der Waals surface area contributed by atoms with E-state index in [1.807, 2.05) is 0 Å². The van der Waals surface area contributed by atoms with E-state index in [0.717, 1.165) is 72.1 Å². The first kappa shape index (κ1) is 26.5. The fourth-order valence-electron chi connectivity index (χ4n) is 6.74. The molecular weight excluding hydrogens is 555 g/mol. The molecule has 4 aliphatic rings. The predicted molar refractivity (Wildman–Crippen MR) is 163 cm³/mol. The van der Waals surface area contributed by atoms with Crippen molar-refractivity contribution >= 4 is 44.6 Å². The highest BCUT2D eigenvalue weighted by Crippen LogP contribution is 2.36. The fraction of sp³-hybridized carbons (Fsp3) is 0.419. The Morgan fingerprint density at radius 3 is 2.69 bits per heavy atom. The van der Waals surface area contributed by atoms with Crippen molar-refractivity contribution < 1.29 is 9.13 Å². The van der Waals surface area contributed by atoms with Gasteiger partial charge in [0.2, 0.25) is 0 Å². The van der Waals surface area contributed by atoms with Crippen LogP contribution in [-0.2, 0) is 4.74 Å². The molecule has 2 aromatic heterocycles. The van der Waals surface area contributed by atoms with E-state index < -0.39 is 12.0 Å². The quantitative estimate of drug-likeness (QED) is 0.240. The molecule has 0 aliphatic carbocycles. The Bertz CT molecular complexity index is 1720. The van der Waals surface area contributed by atoms with E-state index in [9.17, 15) is 4.39 Å². The highest BCUT2D eigenvalue weighted by Gasteiger charge is 2.34. The number of morpholine rings is 1. The smallest absolute Gasteiger partial charge is 0.163 e. The Kier molecular flexibility index (Phi) is 6.85. The van der Waals surface area contributed by atoms with E-state index >= 15 is 0 Å². The number of nitrogens with zero attached hydrogens (tertiary/aromatic N) is 3. The molecule has 8 rings (SSSR count). The van der Waals surface area contributed by atoms with Crippen molar-refractivity contribution in [2.75, 3.05) is 39.3 Å². The molecule has 2 unspecified atom stereocenters. The number of H-pyrrole nitrogens is 1. The van der Waals surface area contributed by atoms with Crippen molar-refractivity contribution in [2.45, 2.75) is 43.7 Å². The summed E-state index contributed by atoms with van der Waals surface area (Å²) in [6.07, 6.45) is 6.88. The van der Waals surface area contributed by atoms with E-state index in [-0.39, 0.29) is 17.2 Å². The number of benzene rings is 2. The summed E-state index contributed by atoms with van der Waals surface area (Å²) in [5.41, 5.74) is 7.12. The number of ether oxygens (including phenoxy) is 1. The zero-order chi connectivity index (χ0) is 28.2. The normalized spacial score (nSPS) is 26.7. The lowest BCUT2D eigenvalue weighted by atomic mass is 9.93. The van der Waals surface area contributed by atoms with Crippen LogP contribution >= 0.6 is 11.6 Å². The summed E-state index contributed by atoms with van der Waals surface area (Å²) >= 11 is 6.55. The van der Waals surface area contributed by atoms with Crippen LogP contribution in [0.3, 0.4) is 0 Å². The highest BCUT2D eigenvalue weighted by molar-refractivity contribution is 6.35. The maximum absolute atomic E-state index is 14.7. The number of aromatic amines is 1. The van der Waals surface area contributed by atoms with Crippen LogP contribution in [0, 0.1) is 5.82 Å². The molecule has 0 radical (unpaired) electrons. The number of aromatic nitrogens is 4. The van der Waals surface area contributed by atoms with Crippen molar-refractivity contribution in [3.8, 4) is 0 Å². The van der Waals surface area contributed by atoms with Gasteiger partial charge in [-0.2, -0.15) is 10.2 Å². The van der Waals surface area contributed by atoms with Crippen LogP contribution in [-0.4, -0.2) is 71.4 Å². The van der Waals surface area contributed by atoms with Crippen molar-refractivity contribution in [1.82, 2.24) is 41.2 Å². The molecule has 2 fully saturated rings. The lowest BCUT2D eigenvalue weighted by Crippen LogP contribution is -2.53. The first-order chi connectivity index (χ1) is 20.7. The van der Waals surface area contributed by atoms with E-state index in [2.05, 4.69) is 56.7 Å². The number of para-hydroxylation sites is 1. The van der Waals surface area contributed by atoms with Gasteiger partial charge in [-0.15, -0.1) is 0 Å². The number of fused-ring (bicyclic) bond motifs is 2. The van der Waals surface area contributed by atoms with Crippen LogP contribution in [0.4, 0.5) is 4.39 Å². The second-order valence-electron chi connectivity index (χ2n) is 11.6. The van der Waals surface area contributed by atoms with Gasteiger partial charge in [-0.05, 0) is 61.2 Å². The van der Waals surface area contributed by atoms with Gasteiger partial charge in [0.25, 0.3) is 0 Å². The van der Waals surface area contributed by atoms with Gasteiger partial charge in [0.15, 0.2) is 6.23 Å². The monoisotopic (exact) mass is 588 g/mol. The van der Waals surface area contributed by atoms with Gasteiger partial charge in [0.1, 0.15) is 10.8 Å². The van der Waals surface area contributed by atoms with E-state index in [0.29, 0.717) is 31.2 Å². The SMILES string of the molecule is Fc1ccc2c(C3=CCCNC3)nn([C@@H]3CNCC(C4CC=C(c5[nH]nc6c([C@@H]7CCN7)cccc56)CN4)O3)c2c1Cl. The molecule has 0 saturated carbocycles. The molecule has 5 N–H and O–H groups in total. The van der Waals surface area contributed by atoms with Crippen LogP contribution in [0.15, 0.2) is 42.5 Å². The van der Waals surface area contributed by atoms with Gasteiger partial charge < -0.3 is 26.0 Å². The van der Waals surface area contributed by atoms with Crippen LogP contribution in [0.5, 0.6) is 0 Å². The maximum atomic E-state index is 14.7. The third-order valence-corrected chi connectivity index (χ3v) is 9.48. The molecule has 218 valence electrons. The summed E-state index contributed by atoms with van der Waals surface area (Å²) in [6.45, 7) is 4.71. The molecule has 4 aliphatic heterocycles. The van der Waals surface area contributed by atoms with Crippen LogP contribution < -0.4 is 21.3 Å². The molecule has 6 heterocycles. The Hall–Kier alpha value is -3.12. The summed E-state index contributed by atoms with van der Waals surface area (Å²) in [5.74, 6) is -0.457. The number of hydrogen-bond donors (Lipinski definition) is 5. The molecule has 0 amide bonds. The summed E-state index contributed by atoms with van der Waals surface area (Å²) in [5, 5.41) is 29.2. The summed E-state index contributed by atoms with van der Waals surface area (Å²) in [4.78, 5) is 0. The zero-order valence-electron chi connectivity index (χ0n) is 23.2. The third-order valence-electron chi connectivity index (χ3n) is 9.12. The minimum Gasteiger partial charge on any atom is -0.349 e. The van der Waals surface area contributed by atoms with Gasteiger partial charge in [0.05, 0.1) is 28.5 Å². The third kappa shape index (κ3) is 4.49. The van der Waals surface area contributed by atoms with Crippen molar-refractivity contribution in [1.29, 1.82) is 0 Å². The highest BCUT2D eigenvalue weighted by atomic mass is 35.5. The molecule has 2 saturated heterocycles. The summed E-state index contributed by atoms with van der Waals surface area (Å²) < 4.78 is 23.1. The molecule has 0 bridgehead atoms. The Balaban J connectivity index is 1.04. The second kappa shape index (κ2) is 10.9. The van der Waals surface area contributed by atoms with E-state index in [1.54, 1.807) is 10.7 Å². The number of hydrogen-bond acceptors (Lipinski definition) is 7. The van der Waals surface area contributed by atoms with E-state index in [1.165, 1.54) is 17.2 Å². The molecule has 4 atom stereocenters. The van der Waals surface area contributed by atoms with Gasteiger partial charge >= 0.3 is 0 Å². The van der Waals surface area contributed by atoms with Gasteiger partial charge in [-0.3, -0.25) is 5.10 Å². The van der Waals surface area contributed by atoms with Gasteiger partial charge in [-0.1, -0.05) is 42.0 Å².